The molecule has 0 saturated heterocycles. The first-order valence-electron chi connectivity index (χ1n) is 5.95. The summed E-state index contributed by atoms with van der Waals surface area (Å²) in [5.74, 6) is 0. The van der Waals surface area contributed by atoms with Crippen LogP contribution in [0.3, 0.4) is 0 Å². The summed E-state index contributed by atoms with van der Waals surface area (Å²) in [5.41, 5.74) is 2.02. The molecule has 0 spiro atoms. The van der Waals surface area contributed by atoms with Gasteiger partial charge in [0, 0.05) is 5.56 Å². The molecule has 90 valence electrons. The summed E-state index contributed by atoms with van der Waals surface area (Å²) in [6.45, 7) is 12.0. The van der Waals surface area contributed by atoms with Crippen LogP contribution in [0.4, 0.5) is 0 Å². The van der Waals surface area contributed by atoms with E-state index in [1.54, 1.807) is 6.20 Å². The Kier molecular flexibility index (Phi) is 14.4. The van der Waals surface area contributed by atoms with Crippen molar-refractivity contribution in [3.05, 3.63) is 35.7 Å². The van der Waals surface area contributed by atoms with Gasteiger partial charge in [0.25, 0.3) is 0 Å². The largest absolute Gasteiger partial charge is 0.159 e. The van der Waals surface area contributed by atoms with Gasteiger partial charge in [-0.2, -0.15) is 10.2 Å². The number of rotatable bonds is 2. The third kappa shape index (κ3) is 6.93. The van der Waals surface area contributed by atoms with Crippen molar-refractivity contribution in [1.29, 1.82) is 0 Å². The van der Waals surface area contributed by atoms with Crippen LogP contribution in [0.5, 0.6) is 0 Å². The maximum Gasteiger partial charge on any atom is 0.0926 e. The van der Waals surface area contributed by atoms with Crippen molar-refractivity contribution in [3.63, 3.8) is 0 Å². The quantitative estimate of drug-likeness (QED) is 0.728. The molecule has 0 atom stereocenters. The Balaban J connectivity index is 0. The third-order valence-corrected chi connectivity index (χ3v) is 1.45. The lowest BCUT2D eigenvalue weighted by molar-refractivity contribution is 1.01. The van der Waals surface area contributed by atoms with Gasteiger partial charge in [-0.15, -0.1) is 0 Å². The second-order valence-corrected chi connectivity index (χ2v) is 2.37. The van der Waals surface area contributed by atoms with Crippen LogP contribution in [0.2, 0.25) is 0 Å². The summed E-state index contributed by atoms with van der Waals surface area (Å²) in [6.07, 6.45) is 9.61. The van der Waals surface area contributed by atoms with Crippen LogP contribution >= 0.6 is 0 Å². The second-order valence-electron chi connectivity index (χ2n) is 2.37. The molecule has 0 N–H and O–H groups in total. The summed E-state index contributed by atoms with van der Waals surface area (Å²) in [4.78, 5) is 0. The highest BCUT2D eigenvalue weighted by molar-refractivity contribution is 5.61. The highest BCUT2D eigenvalue weighted by atomic mass is 15.1. The van der Waals surface area contributed by atoms with E-state index in [4.69, 9.17) is 0 Å². The zero-order valence-electron chi connectivity index (χ0n) is 11.4. The van der Waals surface area contributed by atoms with E-state index in [0.29, 0.717) is 0 Å². The van der Waals surface area contributed by atoms with Crippen LogP contribution in [0.25, 0.3) is 12.2 Å². The van der Waals surface area contributed by atoms with Crippen molar-refractivity contribution in [2.75, 3.05) is 0 Å². The number of hydrogen-bond acceptors (Lipinski definition) is 2. The summed E-state index contributed by atoms with van der Waals surface area (Å²) < 4.78 is 0. The molecule has 0 saturated carbocycles. The Morgan fingerprint density at radius 1 is 0.938 bits per heavy atom. The standard InChI is InChI=1S/C10H12N2.2C2H6/c1-3-5-9-7-8-11-12-10(9)6-4-2;2*1-2/h3-8H,1-2H3;2*1-2H3/b5-3-,6-4-;;. The van der Waals surface area contributed by atoms with Crippen LogP contribution in [-0.4, -0.2) is 10.2 Å². The van der Waals surface area contributed by atoms with Gasteiger partial charge in [-0.1, -0.05) is 45.9 Å². The lowest BCUT2D eigenvalue weighted by Gasteiger charge is -1.95. The minimum atomic E-state index is 0.915. The van der Waals surface area contributed by atoms with Crippen molar-refractivity contribution in [2.24, 2.45) is 0 Å². The molecule has 0 bridgehead atoms. The van der Waals surface area contributed by atoms with E-state index in [1.807, 2.05) is 71.9 Å². The fraction of sp³-hybridized carbons (Fsp3) is 0.429. The molecule has 0 radical (unpaired) electrons. The molecule has 0 fully saturated rings. The van der Waals surface area contributed by atoms with Gasteiger partial charge in [0.2, 0.25) is 0 Å². The number of aromatic nitrogens is 2. The predicted molar refractivity (Wildman–Crippen MR) is 74.1 cm³/mol. The van der Waals surface area contributed by atoms with Gasteiger partial charge >= 0.3 is 0 Å². The van der Waals surface area contributed by atoms with Crippen LogP contribution in [0, 0.1) is 0 Å². The van der Waals surface area contributed by atoms with E-state index >= 15 is 0 Å². The van der Waals surface area contributed by atoms with E-state index in [2.05, 4.69) is 10.2 Å². The molecule has 2 nitrogen and oxygen atoms in total. The van der Waals surface area contributed by atoms with Crippen LogP contribution in [-0.2, 0) is 0 Å². The SMILES string of the molecule is C/C=C\c1ccnnc1/C=C\C.CC.CC. The Bertz CT molecular complexity index is 270. The molecule has 16 heavy (non-hydrogen) atoms. The molecule has 1 aromatic heterocycles. The van der Waals surface area contributed by atoms with Gasteiger partial charge < -0.3 is 0 Å². The molecular formula is C14H24N2. The van der Waals surface area contributed by atoms with Crippen molar-refractivity contribution in [2.45, 2.75) is 41.5 Å². The Morgan fingerprint density at radius 2 is 1.50 bits per heavy atom. The van der Waals surface area contributed by atoms with Gasteiger partial charge in [-0.05, 0) is 26.0 Å². The number of allylic oxidation sites excluding steroid dienone is 2. The van der Waals surface area contributed by atoms with Gasteiger partial charge in [-0.25, -0.2) is 0 Å². The van der Waals surface area contributed by atoms with Gasteiger partial charge in [0.1, 0.15) is 0 Å². The van der Waals surface area contributed by atoms with E-state index in [0.717, 1.165) is 11.3 Å². The topological polar surface area (TPSA) is 25.8 Å². The smallest absolute Gasteiger partial charge is 0.0926 e. The monoisotopic (exact) mass is 220 g/mol. The van der Waals surface area contributed by atoms with Crippen LogP contribution < -0.4 is 0 Å². The molecule has 0 amide bonds. The van der Waals surface area contributed by atoms with Crippen molar-refractivity contribution >= 4 is 12.2 Å². The second kappa shape index (κ2) is 13.6. The van der Waals surface area contributed by atoms with Crippen LogP contribution in [0.15, 0.2) is 24.4 Å². The first kappa shape index (κ1) is 17.0. The van der Waals surface area contributed by atoms with E-state index in [9.17, 15) is 0 Å². The van der Waals surface area contributed by atoms with E-state index < -0.39 is 0 Å². The Hall–Kier alpha value is -1.44. The summed E-state index contributed by atoms with van der Waals surface area (Å²) in [5, 5.41) is 7.81. The lowest BCUT2D eigenvalue weighted by Crippen LogP contribution is -1.88. The number of nitrogens with zero attached hydrogens (tertiary/aromatic N) is 2. The van der Waals surface area contributed by atoms with Crippen molar-refractivity contribution in [1.82, 2.24) is 10.2 Å². The normalized spacial score (nSPS) is 9.38. The van der Waals surface area contributed by atoms with Crippen LogP contribution in [0.1, 0.15) is 52.8 Å². The summed E-state index contributed by atoms with van der Waals surface area (Å²) >= 11 is 0. The van der Waals surface area contributed by atoms with Gasteiger partial charge in [0.05, 0.1) is 11.9 Å². The summed E-state index contributed by atoms with van der Waals surface area (Å²) in [7, 11) is 0. The molecule has 2 heteroatoms. The fourth-order valence-corrected chi connectivity index (χ4v) is 0.960. The van der Waals surface area contributed by atoms with Gasteiger partial charge in [0.15, 0.2) is 0 Å². The maximum atomic E-state index is 4.00. The molecule has 0 aromatic carbocycles. The zero-order valence-corrected chi connectivity index (χ0v) is 11.4. The molecule has 0 aliphatic rings. The Morgan fingerprint density at radius 3 is 2.00 bits per heavy atom. The van der Waals surface area contributed by atoms with E-state index in [1.165, 1.54) is 0 Å². The minimum absolute atomic E-state index is 0.915. The summed E-state index contributed by atoms with van der Waals surface area (Å²) in [6, 6.07) is 1.95. The van der Waals surface area contributed by atoms with Gasteiger partial charge in [-0.3, -0.25) is 0 Å². The molecule has 0 aliphatic carbocycles. The minimum Gasteiger partial charge on any atom is -0.159 e. The predicted octanol–water partition coefficient (Wildman–Crippen LogP) is 4.60. The molecular weight excluding hydrogens is 196 g/mol. The average Bonchev–Trinajstić information content (AvgIpc) is 2.37. The Labute approximate surface area is 100 Å². The fourth-order valence-electron chi connectivity index (χ4n) is 0.960. The third-order valence-electron chi connectivity index (χ3n) is 1.45. The lowest BCUT2D eigenvalue weighted by atomic mass is 10.2. The maximum absolute atomic E-state index is 4.00. The first-order valence-corrected chi connectivity index (χ1v) is 5.95. The molecule has 1 heterocycles. The zero-order chi connectivity index (χ0) is 12.8. The molecule has 0 aliphatic heterocycles. The van der Waals surface area contributed by atoms with Crippen molar-refractivity contribution in [3.8, 4) is 0 Å². The average molecular weight is 220 g/mol. The van der Waals surface area contributed by atoms with E-state index in [-0.39, 0.29) is 0 Å². The highest BCUT2D eigenvalue weighted by Gasteiger charge is 1.94. The molecule has 1 aromatic rings. The van der Waals surface area contributed by atoms with Crippen molar-refractivity contribution < 1.29 is 0 Å². The first-order chi connectivity index (χ1) is 7.88. The molecule has 1 rings (SSSR count). The highest BCUT2D eigenvalue weighted by Crippen LogP contribution is 2.07. The molecule has 0 unspecified atom stereocenters. The number of hydrogen-bond donors (Lipinski definition) is 0.